The number of anilines is 2. The van der Waals surface area contributed by atoms with E-state index in [1.807, 2.05) is 12.1 Å². The van der Waals surface area contributed by atoms with Crippen LogP contribution in [0.3, 0.4) is 0 Å². The zero-order valence-corrected chi connectivity index (χ0v) is 14.1. The maximum absolute atomic E-state index is 5.96. The number of benzene rings is 2. The molecular formula is C17H17BrN2S. The summed E-state index contributed by atoms with van der Waals surface area (Å²) in [6.45, 7) is 0.989. The van der Waals surface area contributed by atoms with Gasteiger partial charge in [0.1, 0.15) is 4.99 Å². The van der Waals surface area contributed by atoms with Crippen LogP contribution in [0.5, 0.6) is 0 Å². The molecule has 0 unspecified atom stereocenters. The van der Waals surface area contributed by atoms with Gasteiger partial charge in [-0.3, -0.25) is 0 Å². The monoisotopic (exact) mass is 360 g/mol. The van der Waals surface area contributed by atoms with Gasteiger partial charge in [0.25, 0.3) is 0 Å². The van der Waals surface area contributed by atoms with Crippen molar-refractivity contribution in [2.24, 2.45) is 5.73 Å². The summed E-state index contributed by atoms with van der Waals surface area (Å²) in [5.74, 6) is 0. The maximum atomic E-state index is 5.96. The minimum atomic E-state index is 0.430. The SMILES string of the molecule is NC(=S)c1c(Br)cccc1N1CCCCc2ccccc21. The van der Waals surface area contributed by atoms with Crippen molar-refractivity contribution in [2.75, 3.05) is 11.4 Å². The smallest absolute Gasteiger partial charge is 0.107 e. The van der Waals surface area contributed by atoms with Crippen molar-refractivity contribution in [1.82, 2.24) is 0 Å². The van der Waals surface area contributed by atoms with Crippen molar-refractivity contribution in [1.29, 1.82) is 0 Å². The number of hydrogen-bond donors (Lipinski definition) is 1. The topological polar surface area (TPSA) is 29.3 Å². The van der Waals surface area contributed by atoms with Crippen molar-refractivity contribution in [3.8, 4) is 0 Å². The van der Waals surface area contributed by atoms with Crippen molar-refractivity contribution in [3.05, 3.63) is 58.1 Å². The van der Waals surface area contributed by atoms with E-state index in [1.54, 1.807) is 0 Å². The predicted molar refractivity (Wildman–Crippen MR) is 96.4 cm³/mol. The molecule has 3 rings (SSSR count). The average molecular weight is 361 g/mol. The molecule has 0 atom stereocenters. The second kappa shape index (κ2) is 6.16. The van der Waals surface area contributed by atoms with Crippen LogP contribution in [0.15, 0.2) is 46.9 Å². The fraction of sp³-hybridized carbons (Fsp3) is 0.235. The van der Waals surface area contributed by atoms with Crippen LogP contribution in [0.2, 0.25) is 0 Å². The molecule has 108 valence electrons. The van der Waals surface area contributed by atoms with E-state index in [0.717, 1.165) is 35.1 Å². The van der Waals surface area contributed by atoms with Crippen LogP contribution in [0.25, 0.3) is 0 Å². The third-order valence-corrected chi connectivity index (χ3v) is 4.75. The largest absolute Gasteiger partial charge is 0.389 e. The van der Waals surface area contributed by atoms with E-state index in [1.165, 1.54) is 17.7 Å². The Morgan fingerprint density at radius 1 is 1.05 bits per heavy atom. The van der Waals surface area contributed by atoms with Gasteiger partial charge in [-0.25, -0.2) is 0 Å². The first-order valence-electron chi connectivity index (χ1n) is 7.12. The minimum Gasteiger partial charge on any atom is -0.389 e. The number of nitrogens with two attached hydrogens (primary N) is 1. The predicted octanol–water partition coefficient (Wildman–Crippen LogP) is 4.56. The van der Waals surface area contributed by atoms with Gasteiger partial charge in [-0.15, -0.1) is 0 Å². The number of aryl methyl sites for hydroxylation is 1. The van der Waals surface area contributed by atoms with Gasteiger partial charge in [0, 0.05) is 22.3 Å². The molecule has 1 heterocycles. The molecule has 0 amide bonds. The molecular weight excluding hydrogens is 344 g/mol. The van der Waals surface area contributed by atoms with Gasteiger partial charge in [0.2, 0.25) is 0 Å². The second-order valence-corrected chi connectivity index (χ2v) is 6.53. The lowest BCUT2D eigenvalue weighted by molar-refractivity contribution is 0.761. The van der Waals surface area contributed by atoms with Crippen LogP contribution in [0.1, 0.15) is 24.0 Å². The lowest BCUT2D eigenvalue weighted by atomic mass is 10.1. The van der Waals surface area contributed by atoms with E-state index in [4.69, 9.17) is 18.0 Å². The highest BCUT2D eigenvalue weighted by Crippen LogP contribution is 2.36. The summed E-state index contributed by atoms with van der Waals surface area (Å²) in [4.78, 5) is 2.78. The number of fused-ring (bicyclic) bond motifs is 1. The van der Waals surface area contributed by atoms with E-state index < -0.39 is 0 Å². The van der Waals surface area contributed by atoms with Gasteiger partial charge in [0.15, 0.2) is 0 Å². The van der Waals surface area contributed by atoms with Crippen molar-refractivity contribution in [3.63, 3.8) is 0 Å². The Hall–Kier alpha value is -1.39. The Labute approximate surface area is 139 Å². The summed E-state index contributed by atoms with van der Waals surface area (Å²) < 4.78 is 0.953. The van der Waals surface area contributed by atoms with Gasteiger partial charge in [-0.05, 0) is 59.0 Å². The Bertz CT molecular complexity index is 684. The lowest BCUT2D eigenvalue weighted by Gasteiger charge is -2.27. The molecule has 0 fully saturated rings. The first kappa shape index (κ1) is 14.5. The summed E-state index contributed by atoms with van der Waals surface area (Å²) in [6, 6.07) is 14.7. The van der Waals surface area contributed by atoms with Crippen LogP contribution < -0.4 is 10.6 Å². The molecule has 2 nitrogen and oxygen atoms in total. The summed E-state index contributed by atoms with van der Waals surface area (Å²) in [7, 11) is 0. The van der Waals surface area contributed by atoms with Crippen LogP contribution in [0.4, 0.5) is 11.4 Å². The standard InChI is InChI=1S/C17H17BrN2S/c18-13-8-5-10-15(16(13)17(19)21)20-11-4-3-7-12-6-1-2-9-14(12)20/h1-2,5-6,8-10H,3-4,7,11H2,(H2,19,21). The van der Waals surface area contributed by atoms with E-state index in [2.05, 4.69) is 51.2 Å². The van der Waals surface area contributed by atoms with Crippen molar-refractivity contribution < 1.29 is 0 Å². The first-order valence-corrected chi connectivity index (χ1v) is 8.32. The average Bonchev–Trinajstić information content (AvgIpc) is 2.68. The highest BCUT2D eigenvalue weighted by Gasteiger charge is 2.20. The van der Waals surface area contributed by atoms with Gasteiger partial charge >= 0.3 is 0 Å². The van der Waals surface area contributed by atoms with Gasteiger partial charge in [0.05, 0.1) is 5.69 Å². The summed E-state index contributed by atoms with van der Waals surface area (Å²) in [5.41, 5.74) is 10.6. The fourth-order valence-corrected chi connectivity index (χ4v) is 3.84. The molecule has 1 aliphatic heterocycles. The highest BCUT2D eigenvalue weighted by molar-refractivity contribution is 9.10. The molecule has 0 spiro atoms. The molecule has 0 saturated heterocycles. The Morgan fingerprint density at radius 3 is 2.62 bits per heavy atom. The van der Waals surface area contributed by atoms with Gasteiger partial charge < -0.3 is 10.6 Å². The molecule has 2 aromatic rings. The number of nitrogens with zero attached hydrogens (tertiary/aromatic N) is 1. The number of halogens is 1. The van der Waals surface area contributed by atoms with E-state index in [9.17, 15) is 0 Å². The van der Waals surface area contributed by atoms with Crippen LogP contribution in [0, 0.1) is 0 Å². The van der Waals surface area contributed by atoms with Crippen LogP contribution >= 0.6 is 28.1 Å². The molecule has 0 radical (unpaired) electrons. The van der Waals surface area contributed by atoms with E-state index >= 15 is 0 Å². The fourth-order valence-electron chi connectivity index (χ4n) is 2.92. The molecule has 1 aliphatic rings. The Kier molecular flexibility index (Phi) is 4.27. The molecule has 0 bridgehead atoms. The molecule has 0 saturated carbocycles. The molecule has 4 heteroatoms. The summed E-state index contributed by atoms with van der Waals surface area (Å²) >= 11 is 8.84. The maximum Gasteiger partial charge on any atom is 0.107 e. The van der Waals surface area contributed by atoms with Gasteiger partial charge in [-0.2, -0.15) is 0 Å². The van der Waals surface area contributed by atoms with Crippen molar-refractivity contribution in [2.45, 2.75) is 19.3 Å². The number of thiocarbonyl (C=S) groups is 1. The summed E-state index contributed by atoms with van der Waals surface area (Å²) in [6.07, 6.45) is 3.50. The number of para-hydroxylation sites is 1. The molecule has 21 heavy (non-hydrogen) atoms. The highest BCUT2D eigenvalue weighted by atomic mass is 79.9. The second-order valence-electron chi connectivity index (χ2n) is 5.24. The third-order valence-electron chi connectivity index (χ3n) is 3.89. The third kappa shape index (κ3) is 2.83. The molecule has 2 aromatic carbocycles. The summed E-state index contributed by atoms with van der Waals surface area (Å²) in [5, 5.41) is 0. The zero-order valence-electron chi connectivity index (χ0n) is 11.7. The number of hydrogen-bond acceptors (Lipinski definition) is 2. The Balaban J connectivity index is 2.17. The number of rotatable bonds is 2. The first-order chi connectivity index (χ1) is 10.2. The van der Waals surface area contributed by atoms with Crippen molar-refractivity contribution >= 4 is 44.5 Å². The van der Waals surface area contributed by atoms with E-state index in [-0.39, 0.29) is 0 Å². The quantitative estimate of drug-likeness (QED) is 0.796. The van der Waals surface area contributed by atoms with Crippen LogP contribution in [-0.2, 0) is 6.42 Å². The molecule has 2 N–H and O–H groups in total. The molecule has 0 aliphatic carbocycles. The van der Waals surface area contributed by atoms with Gasteiger partial charge in [-0.1, -0.05) is 36.5 Å². The van der Waals surface area contributed by atoms with E-state index in [0.29, 0.717) is 4.99 Å². The minimum absolute atomic E-state index is 0.430. The van der Waals surface area contributed by atoms with Crippen LogP contribution in [-0.4, -0.2) is 11.5 Å². The molecule has 0 aromatic heterocycles. The lowest BCUT2D eigenvalue weighted by Crippen LogP contribution is -2.22. The normalized spacial score (nSPS) is 14.4. The zero-order chi connectivity index (χ0) is 14.8. The Morgan fingerprint density at radius 2 is 1.81 bits per heavy atom.